The molecule has 0 aliphatic heterocycles. The number of fused-ring (bicyclic) bond motifs is 1. The first-order valence-corrected chi connectivity index (χ1v) is 11.5. The summed E-state index contributed by atoms with van der Waals surface area (Å²) in [5.41, 5.74) is 15.6. The Morgan fingerprint density at radius 1 is 1.17 bits per heavy atom. The maximum atomic E-state index is 6.38. The van der Waals surface area contributed by atoms with Crippen LogP contribution >= 0.6 is 0 Å². The van der Waals surface area contributed by atoms with Gasteiger partial charge >= 0.3 is 0 Å². The van der Waals surface area contributed by atoms with Crippen LogP contribution in [-0.2, 0) is 0 Å². The maximum absolute atomic E-state index is 6.38. The highest BCUT2D eigenvalue weighted by Crippen LogP contribution is 2.68. The average molecular weight is 394 g/mol. The summed E-state index contributed by atoms with van der Waals surface area (Å²) >= 11 is 0. The van der Waals surface area contributed by atoms with Gasteiger partial charge in [-0.2, -0.15) is 0 Å². The Labute approximate surface area is 174 Å². The largest absolute Gasteiger partial charge is 0.497 e. The smallest absolute Gasteiger partial charge is 0.121 e. The van der Waals surface area contributed by atoms with Gasteiger partial charge in [0.25, 0.3) is 0 Å². The van der Waals surface area contributed by atoms with Crippen LogP contribution < -0.4 is 16.2 Å². The van der Waals surface area contributed by atoms with Gasteiger partial charge in [0.2, 0.25) is 0 Å². The quantitative estimate of drug-likeness (QED) is 0.669. The topological polar surface area (TPSA) is 74.2 Å². The normalized spacial score (nSPS) is 33.9. The molecule has 4 fully saturated rings. The average Bonchev–Trinajstić information content (AvgIpc) is 2.71. The predicted molar refractivity (Wildman–Crippen MR) is 119 cm³/mol. The number of ether oxygens (including phenoxy) is 1. The van der Waals surface area contributed by atoms with Crippen LogP contribution in [0.2, 0.25) is 0 Å². The first-order chi connectivity index (χ1) is 14.0. The minimum atomic E-state index is 0.395. The molecule has 156 valence electrons. The molecule has 4 nitrogen and oxygen atoms in total. The van der Waals surface area contributed by atoms with Crippen molar-refractivity contribution in [2.75, 3.05) is 19.4 Å². The van der Waals surface area contributed by atoms with Crippen LogP contribution in [0.25, 0.3) is 10.9 Å². The van der Waals surface area contributed by atoms with Gasteiger partial charge in [0.1, 0.15) is 5.75 Å². The van der Waals surface area contributed by atoms with E-state index < -0.39 is 0 Å². The van der Waals surface area contributed by atoms with E-state index in [9.17, 15) is 0 Å². The van der Waals surface area contributed by atoms with Crippen molar-refractivity contribution in [1.82, 2.24) is 4.98 Å². The number of hydrogen-bond donors (Lipinski definition) is 2. The summed E-state index contributed by atoms with van der Waals surface area (Å²) in [5, 5.41) is 1.07. The lowest BCUT2D eigenvalue weighted by molar-refractivity contribution is -0.108. The zero-order valence-electron chi connectivity index (χ0n) is 17.9. The molecule has 4 N–H and O–H groups in total. The second kappa shape index (κ2) is 7.16. The van der Waals surface area contributed by atoms with Crippen LogP contribution in [0.15, 0.2) is 24.3 Å². The van der Waals surface area contributed by atoms with Crippen LogP contribution in [0.4, 0.5) is 5.69 Å². The zero-order valence-corrected chi connectivity index (χ0v) is 17.9. The Bertz CT molecular complexity index is 896. The van der Waals surface area contributed by atoms with Crippen molar-refractivity contribution < 1.29 is 4.74 Å². The van der Waals surface area contributed by atoms with Gasteiger partial charge in [-0.1, -0.05) is 13.0 Å². The van der Waals surface area contributed by atoms with Gasteiger partial charge in [0, 0.05) is 23.1 Å². The van der Waals surface area contributed by atoms with E-state index >= 15 is 0 Å². The fraction of sp³-hybridized carbons (Fsp3) is 0.640. The summed E-state index contributed by atoms with van der Waals surface area (Å²) in [6.07, 6.45) is 9.39. The molecule has 0 saturated heterocycles. The monoisotopic (exact) mass is 393 g/mol. The SMILES string of the molecule is COc1cc(N)c2nc(C3C4CC5CC(C4)CC3(C(C)CCCN)C5)ccc2c1. The van der Waals surface area contributed by atoms with Crippen LogP contribution in [-0.4, -0.2) is 18.6 Å². The van der Waals surface area contributed by atoms with Gasteiger partial charge in [-0.25, -0.2) is 0 Å². The molecular formula is C25H35N3O. The minimum absolute atomic E-state index is 0.395. The molecule has 1 aromatic heterocycles. The molecule has 2 aromatic rings. The van der Waals surface area contributed by atoms with Crippen LogP contribution in [0.3, 0.4) is 0 Å². The summed E-state index contributed by atoms with van der Waals surface area (Å²) in [7, 11) is 1.68. The maximum Gasteiger partial charge on any atom is 0.121 e. The van der Waals surface area contributed by atoms with Gasteiger partial charge in [0.15, 0.2) is 0 Å². The van der Waals surface area contributed by atoms with Crippen molar-refractivity contribution in [1.29, 1.82) is 0 Å². The molecule has 0 spiro atoms. The summed E-state index contributed by atoms with van der Waals surface area (Å²) in [4.78, 5) is 5.20. The first kappa shape index (κ1) is 19.2. The van der Waals surface area contributed by atoms with E-state index in [-0.39, 0.29) is 0 Å². The predicted octanol–water partition coefficient (Wildman–Crippen LogP) is 5.11. The molecule has 4 heteroatoms. The Hall–Kier alpha value is -1.81. The van der Waals surface area contributed by atoms with E-state index in [0.717, 1.165) is 53.1 Å². The minimum Gasteiger partial charge on any atom is -0.497 e. The van der Waals surface area contributed by atoms with E-state index in [4.69, 9.17) is 21.2 Å². The highest BCUT2D eigenvalue weighted by atomic mass is 16.5. The Morgan fingerprint density at radius 3 is 2.62 bits per heavy atom. The number of nitrogen functional groups attached to an aromatic ring is 1. The van der Waals surface area contributed by atoms with E-state index in [1.165, 1.54) is 44.2 Å². The molecule has 1 aromatic carbocycles. The highest BCUT2D eigenvalue weighted by molar-refractivity contribution is 5.91. The lowest BCUT2D eigenvalue weighted by Crippen LogP contribution is -2.54. The molecule has 4 aliphatic carbocycles. The van der Waals surface area contributed by atoms with Crippen molar-refractivity contribution in [3.05, 3.63) is 30.0 Å². The van der Waals surface area contributed by atoms with Gasteiger partial charge < -0.3 is 16.2 Å². The molecule has 4 unspecified atom stereocenters. The van der Waals surface area contributed by atoms with Crippen molar-refractivity contribution in [2.24, 2.45) is 34.8 Å². The molecule has 1 heterocycles. The fourth-order valence-corrected chi connectivity index (χ4v) is 7.60. The van der Waals surface area contributed by atoms with Crippen LogP contribution in [0.5, 0.6) is 5.75 Å². The number of rotatable bonds is 6. The molecule has 4 saturated carbocycles. The Kier molecular flexibility index (Phi) is 4.73. The number of methoxy groups -OCH3 is 1. The van der Waals surface area contributed by atoms with Gasteiger partial charge in [-0.3, -0.25) is 4.98 Å². The standard InChI is InChI=1S/C25H35N3O/c1-15(4-3-7-26)25-13-16-8-17(14-25)10-19(9-16)23(25)22-6-5-18-11-20(29-2)12-21(27)24(18)28-22/h5-6,11-12,15-17,19,23H,3-4,7-10,13-14,26-27H2,1-2H3. The molecule has 4 bridgehead atoms. The summed E-state index contributed by atoms with van der Waals surface area (Å²) in [5.74, 6) is 4.71. The van der Waals surface area contributed by atoms with Crippen molar-refractivity contribution in [2.45, 2.75) is 57.8 Å². The summed E-state index contributed by atoms with van der Waals surface area (Å²) < 4.78 is 5.39. The van der Waals surface area contributed by atoms with Gasteiger partial charge in [-0.15, -0.1) is 0 Å². The first-order valence-electron chi connectivity index (χ1n) is 11.5. The number of nitrogens with two attached hydrogens (primary N) is 2. The van der Waals surface area contributed by atoms with E-state index in [1.807, 2.05) is 12.1 Å². The van der Waals surface area contributed by atoms with Gasteiger partial charge in [0.05, 0.1) is 18.3 Å². The molecule has 29 heavy (non-hydrogen) atoms. The van der Waals surface area contributed by atoms with Crippen LogP contribution in [0.1, 0.15) is 63.5 Å². The van der Waals surface area contributed by atoms with E-state index in [1.54, 1.807) is 7.11 Å². The number of benzene rings is 1. The van der Waals surface area contributed by atoms with E-state index in [0.29, 0.717) is 17.3 Å². The lowest BCUT2D eigenvalue weighted by Gasteiger charge is -2.63. The molecule has 6 rings (SSSR count). The highest BCUT2D eigenvalue weighted by Gasteiger charge is 2.59. The number of nitrogens with zero attached hydrogens (tertiary/aromatic N) is 1. The van der Waals surface area contributed by atoms with E-state index in [2.05, 4.69) is 19.1 Å². The van der Waals surface area contributed by atoms with Crippen LogP contribution in [0, 0.1) is 29.1 Å². The van der Waals surface area contributed by atoms with Crippen molar-refractivity contribution in [3.8, 4) is 5.75 Å². The third-order valence-electron chi connectivity index (χ3n) is 8.56. The third kappa shape index (κ3) is 3.02. The zero-order chi connectivity index (χ0) is 20.2. The fourth-order valence-electron chi connectivity index (χ4n) is 7.60. The molecule has 4 aliphatic rings. The Balaban J connectivity index is 1.58. The van der Waals surface area contributed by atoms with Crippen molar-refractivity contribution >= 4 is 16.6 Å². The number of anilines is 1. The lowest BCUT2D eigenvalue weighted by atomic mass is 9.41. The van der Waals surface area contributed by atoms with Gasteiger partial charge in [-0.05, 0) is 92.7 Å². The Morgan fingerprint density at radius 2 is 1.93 bits per heavy atom. The number of aromatic nitrogens is 1. The number of pyridine rings is 1. The number of hydrogen-bond acceptors (Lipinski definition) is 4. The molecular weight excluding hydrogens is 358 g/mol. The molecule has 0 amide bonds. The third-order valence-corrected chi connectivity index (χ3v) is 8.56. The molecule has 4 atom stereocenters. The second-order valence-corrected chi connectivity index (χ2v) is 10.2. The molecule has 0 radical (unpaired) electrons. The second-order valence-electron chi connectivity index (χ2n) is 10.2. The summed E-state index contributed by atoms with van der Waals surface area (Å²) in [6, 6.07) is 8.43. The summed E-state index contributed by atoms with van der Waals surface area (Å²) in [6.45, 7) is 3.30. The van der Waals surface area contributed by atoms with Crippen molar-refractivity contribution in [3.63, 3.8) is 0 Å².